The van der Waals surface area contributed by atoms with Crippen LogP contribution >= 0.6 is 11.6 Å². The van der Waals surface area contributed by atoms with E-state index in [1.165, 1.54) is 57.2 Å². The molecule has 0 radical (unpaired) electrons. The second kappa shape index (κ2) is 8.20. The lowest BCUT2D eigenvalue weighted by molar-refractivity contribution is -0.309. The molecule has 0 fully saturated rings. The fraction of sp³-hybridized carbons (Fsp3) is 0.278. The molecule has 0 bridgehead atoms. The summed E-state index contributed by atoms with van der Waals surface area (Å²) in [5, 5.41) is 11.6. The first-order valence-corrected chi connectivity index (χ1v) is 11.5. The number of carboxylic acid groups (broad SMARTS) is 1. The van der Waals surface area contributed by atoms with Crippen LogP contribution in [0.4, 0.5) is 0 Å². The van der Waals surface area contributed by atoms with Crippen molar-refractivity contribution in [2.45, 2.75) is 41.5 Å². The number of hydrogen-bond acceptors (Lipinski definition) is 6. The Morgan fingerprint density at radius 2 is 1.54 bits per heavy atom. The van der Waals surface area contributed by atoms with E-state index in [9.17, 15) is 26.7 Å². The highest BCUT2D eigenvalue weighted by Gasteiger charge is 2.27. The Balaban J connectivity index is 2.53. The first-order valence-electron chi connectivity index (χ1n) is 8.21. The van der Waals surface area contributed by atoms with Gasteiger partial charge in [0.25, 0.3) is 0 Å². The maximum absolute atomic E-state index is 12.8. The van der Waals surface area contributed by atoms with Crippen molar-refractivity contribution in [2.75, 3.05) is 0 Å². The van der Waals surface area contributed by atoms with Crippen LogP contribution in [0.5, 0.6) is 0 Å². The average Bonchev–Trinajstić information content (AvgIpc) is 2.59. The van der Waals surface area contributed by atoms with Gasteiger partial charge in [-0.2, -0.15) is 0 Å². The Labute approximate surface area is 169 Å². The zero-order chi connectivity index (χ0) is 21.3. The maximum Gasteiger partial charge on any atom is 0.241 e. The second-order valence-electron chi connectivity index (χ2n) is 6.55. The third-order valence-corrected chi connectivity index (χ3v) is 7.69. The van der Waals surface area contributed by atoms with Gasteiger partial charge in [0.2, 0.25) is 19.9 Å². The summed E-state index contributed by atoms with van der Waals surface area (Å²) in [6.45, 7) is 4.53. The van der Waals surface area contributed by atoms with Crippen molar-refractivity contribution in [3.8, 4) is 0 Å². The summed E-state index contributed by atoms with van der Waals surface area (Å²) in [7, 11) is -8.30. The minimum absolute atomic E-state index is 0.0492. The standard InChI is InChI=1S/C18H20ClNO6S2/c1-11(2)17(18(21)22)20-28(25,26)16-10-15(7-4-12(16)3)27(23,24)14-8-5-13(19)6-9-14/h4-11,17,20H,1-3H3,(H,21,22)/p-1/t17-/m1/s1. The van der Waals surface area contributed by atoms with Crippen LogP contribution in [0.3, 0.4) is 0 Å². The lowest BCUT2D eigenvalue weighted by atomic mass is 10.1. The van der Waals surface area contributed by atoms with E-state index < -0.39 is 37.8 Å². The highest BCUT2D eigenvalue weighted by molar-refractivity contribution is 7.91. The molecule has 152 valence electrons. The fourth-order valence-corrected chi connectivity index (χ4v) is 5.56. The van der Waals surface area contributed by atoms with E-state index in [1.807, 2.05) is 0 Å². The lowest BCUT2D eigenvalue weighted by Crippen LogP contribution is -2.50. The minimum atomic E-state index is -4.31. The smallest absolute Gasteiger partial charge is 0.241 e. The van der Waals surface area contributed by atoms with Crippen molar-refractivity contribution in [1.29, 1.82) is 0 Å². The molecule has 10 heteroatoms. The molecular weight excluding hydrogens is 426 g/mol. The number of sulfonamides is 1. The molecule has 7 nitrogen and oxygen atoms in total. The van der Waals surface area contributed by atoms with Crippen molar-refractivity contribution >= 4 is 37.4 Å². The lowest BCUT2D eigenvalue weighted by Gasteiger charge is -2.23. The van der Waals surface area contributed by atoms with Crippen LogP contribution in [0.25, 0.3) is 0 Å². The molecule has 0 amide bonds. The molecule has 0 aliphatic heterocycles. The van der Waals surface area contributed by atoms with Crippen LogP contribution in [0.1, 0.15) is 19.4 Å². The maximum atomic E-state index is 12.8. The van der Waals surface area contributed by atoms with Crippen molar-refractivity contribution in [3.63, 3.8) is 0 Å². The normalized spacial score (nSPS) is 13.5. The summed E-state index contributed by atoms with van der Waals surface area (Å²) in [6.07, 6.45) is 0. The molecular formula is C18H19ClNO6S2-. The van der Waals surface area contributed by atoms with Crippen molar-refractivity contribution in [3.05, 3.63) is 53.1 Å². The minimum Gasteiger partial charge on any atom is -0.548 e. The third-order valence-electron chi connectivity index (χ3n) is 4.09. The van der Waals surface area contributed by atoms with Gasteiger partial charge in [-0.15, -0.1) is 0 Å². The first kappa shape index (κ1) is 22.4. The van der Waals surface area contributed by atoms with Gasteiger partial charge >= 0.3 is 0 Å². The summed E-state index contributed by atoms with van der Waals surface area (Å²) in [4.78, 5) is 10.6. The van der Waals surface area contributed by atoms with Gasteiger partial charge in [-0.05, 0) is 54.8 Å². The number of carboxylic acids is 1. The summed E-state index contributed by atoms with van der Waals surface area (Å²) in [5.74, 6) is -2.14. The number of aryl methyl sites for hydroxylation is 1. The van der Waals surface area contributed by atoms with E-state index in [2.05, 4.69) is 4.72 Å². The largest absolute Gasteiger partial charge is 0.548 e. The van der Waals surface area contributed by atoms with Crippen LogP contribution in [0.2, 0.25) is 5.02 Å². The van der Waals surface area contributed by atoms with Gasteiger partial charge in [-0.25, -0.2) is 21.6 Å². The number of sulfone groups is 1. The Hall–Kier alpha value is -1.94. The quantitative estimate of drug-likeness (QED) is 0.691. The summed E-state index contributed by atoms with van der Waals surface area (Å²) < 4.78 is 53.1. The third kappa shape index (κ3) is 4.72. The molecule has 0 aliphatic rings. The molecule has 0 heterocycles. The highest BCUT2D eigenvalue weighted by Crippen LogP contribution is 2.26. The zero-order valence-corrected chi connectivity index (χ0v) is 17.7. The molecule has 2 aromatic carbocycles. The fourth-order valence-electron chi connectivity index (χ4n) is 2.47. The summed E-state index contributed by atoms with van der Waals surface area (Å²) in [5.41, 5.74) is 0.267. The SMILES string of the molecule is Cc1ccc(S(=O)(=O)c2ccc(Cl)cc2)cc1S(=O)(=O)N[C@@H](C(=O)[O-])C(C)C. The number of aliphatic carboxylic acids is 1. The van der Waals surface area contributed by atoms with Gasteiger partial charge in [-0.1, -0.05) is 31.5 Å². The number of carbonyl (C=O) groups excluding carboxylic acids is 1. The number of carbonyl (C=O) groups is 1. The molecule has 0 saturated carbocycles. The predicted molar refractivity (Wildman–Crippen MR) is 102 cm³/mol. The van der Waals surface area contributed by atoms with Crippen LogP contribution in [0, 0.1) is 12.8 Å². The predicted octanol–water partition coefficient (Wildman–Crippen LogP) is 1.53. The Kier molecular flexibility index (Phi) is 6.55. The van der Waals surface area contributed by atoms with E-state index >= 15 is 0 Å². The number of hydrogen-bond donors (Lipinski definition) is 1. The van der Waals surface area contributed by atoms with Crippen LogP contribution < -0.4 is 9.83 Å². The van der Waals surface area contributed by atoms with Crippen LogP contribution in [-0.2, 0) is 24.7 Å². The Bertz CT molecular complexity index is 1090. The van der Waals surface area contributed by atoms with Gasteiger partial charge in [0, 0.05) is 5.02 Å². The van der Waals surface area contributed by atoms with Gasteiger partial charge in [0.05, 0.1) is 26.7 Å². The zero-order valence-electron chi connectivity index (χ0n) is 15.3. The monoisotopic (exact) mass is 444 g/mol. The van der Waals surface area contributed by atoms with E-state index in [4.69, 9.17) is 11.6 Å². The van der Waals surface area contributed by atoms with E-state index in [0.29, 0.717) is 5.02 Å². The molecule has 28 heavy (non-hydrogen) atoms. The van der Waals surface area contributed by atoms with Gasteiger partial charge < -0.3 is 9.90 Å². The van der Waals surface area contributed by atoms with E-state index in [0.717, 1.165) is 6.07 Å². The second-order valence-corrected chi connectivity index (χ2v) is 10.6. The highest BCUT2D eigenvalue weighted by atomic mass is 35.5. The topological polar surface area (TPSA) is 120 Å². The van der Waals surface area contributed by atoms with E-state index in [1.54, 1.807) is 0 Å². The molecule has 0 aliphatic carbocycles. The number of halogens is 1. The number of nitrogens with one attached hydrogen (secondary N) is 1. The molecule has 0 saturated heterocycles. The van der Waals surface area contributed by atoms with Gasteiger partial charge in [0.15, 0.2) is 0 Å². The molecule has 1 N–H and O–H groups in total. The molecule has 2 aromatic rings. The summed E-state index contributed by atoms with van der Waals surface area (Å²) in [6, 6.07) is 7.64. The molecule has 0 spiro atoms. The van der Waals surface area contributed by atoms with Crippen LogP contribution in [-0.4, -0.2) is 28.8 Å². The Morgan fingerprint density at radius 3 is 2.04 bits per heavy atom. The molecule has 0 aromatic heterocycles. The molecule has 1 atom stereocenters. The van der Waals surface area contributed by atoms with Gasteiger partial charge in [0.1, 0.15) is 0 Å². The van der Waals surface area contributed by atoms with Crippen molar-refractivity contribution < 1.29 is 26.7 Å². The number of benzene rings is 2. The summed E-state index contributed by atoms with van der Waals surface area (Å²) >= 11 is 5.78. The molecule has 2 rings (SSSR count). The average molecular weight is 445 g/mol. The Morgan fingerprint density at radius 1 is 1.00 bits per heavy atom. The first-order chi connectivity index (χ1) is 12.9. The van der Waals surface area contributed by atoms with E-state index in [-0.39, 0.29) is 20.2 Å². The molecule has 0 unspecified atom stereocenters. The number of rotatable bonds is 7. The van der Waals surface area contributed by atoms with Crippen molar-refractivity contribution in [2.24, 2.45) is 5.92 Å². The van der Waals surface area contributed by atoms with Gasteiger partial charge in [-0.3, -0.25) is 0 Å². The van der Waals surface area contributed by atoms with Crippen molar-refractivity contribution in [1.82, 2.24) is 4.72 Å². The van der Waals surface area contributed by atoms with Crippen LogP contribution in [0.15, 0.2) is 57.2 Å².